The average Bonchev–Trinajstić information content (AvgIpc) is 2.37. The number of nitrogens with two attached hydrogens (primary N) is 1. The van der Waals surface area contributed by atoms with E-state index in [1.165, 1.54) is 12.1 Å². The van der Waals surface area contributed by atoms with Gasteiger partial charge in [0.05, 0.1) is 6.10 Å². The Labute approximate surface area is 104 Å². The second-order valence-electron chi connectivity index (χ2n) is 4.03. The van der Waals surface area contributed by atoms with Gasteiger partial charge in [-0.2, -0.15) is 0 Å². The molecule has 0 radical (unpaired) electrons. The SMILES string of the molecule is NCC(O)c1ccc(-c2cc(F)cc(F)c2)cc1. The maximum atomic E-state index is 13.1. The molecule has 2 nitrogen and oxygen atoms in total. The number of hydrogen-bond donors (Lipinski definition) is 2. The Bertz CT molecular complexity index is 520. The molecular weight excluding hydrogens is 236 g/mol. The molecule has 3 N–H and O–H groups in total. The Morgan fingerprint density at radius 2 is 1.50 bits per heavy atom. The van der Waals surface area contributed by atoms with Crippen LogP contribution in [0.15, 0.2) is 42.5 Å². The predicted octanol–water partition coefficient (Wildman–Crippen LogP) is 2.62. The number of benzene rings is 2. The monoisotopic (exact) mass is 249 g/mol. The van der Waals surface area contributed by atoms with E-state index in [0.29, 0.717) is 16.7 Å². The number of hydrogen-bond acceptors (Lipinski definition) is 2. The van der Waals surface area contributed by atoms with Crippen molar-refractivity contribution in [1.82, 2.24) is 0 Å². The average molecular weight is 249 g/mol. The van der Waals surface area contributed by atoms with Gasteiger partial charge in [0.25, 0.3) is 0 Å². The van der Waals surface area contributed by atoms with E-state index in [0.717, 1.165) is 6.07 Å². The Hall–Kier alpha value is -1.78. The van der Waals surface area contributed by atoms with E-state index in [2.05, 4.69) is 0 Å². The van der Waals surface area contributed by atoms with E-state index in [1.807, 2.05) is 0 Å². The van der Waals surface area contributed by atoms with E-state index in [-0.39, 0.29) is 6.54 Å². The fraction of sp³-hybridized carbons (Fsp3) is 0.143. The lowest BCUT2D eigenvalue weighted by Gasteiger charge is -2.09. The van der Waals surface area contributed by atoms with Gasteiger partial charge in [-0.05, 0) is 28.8 Å². The topological polar surface area (TPSA) is 46.2 Å². The van der Waals surface area contributed by atoms with Crippen LogP contribution in [0.2, 0.25) is 0 Å². The molecule has 0 aromatic heterocycles. The highest BCUT2D eigenvalue weighted by molar-refractivity contribution is 5.63. The first-order chi connectivity index (χ1) is 8.60. The molecule has 0 aliphatic heterocycles. The molecule has 0 heterocycles. The summed E-state index contributed by atoms with van der Waals surface area (Å²) in [4.78, 5) is 0. The Balaban J connectivity index is 2.34. The van der Waals surface area contributed by atoms with Crippen molar-refractivity contribution >= 4 is 0 Å². The Morgan fingerprint density at radius 3 is 2.00 bits per heavy atom. The van der Waals surface area contributed by atoms with Gasteiger partial charge in [0.2, 0.25) is 0 Å². The molecule has 4 heteroatoms. The smallest absolute Gasteiger partial charge is 0.126 e. The normalized spacial score (nSPS) is 12.4. The molecule has 0 spiro atoms. The summed E-state index contributed by atoms with van der Waals surface area (Å²) in [5, 5.41) is 9.53. The van der Waals surface area contributed by atoms with Crippen LogP contribution in [0.1, 0.15) is 11.7 Å². The van der Waals surface area contributed by atoms with Crippen LogP contribution in [0.3, 0.4) is 0 Å². The molecule has 2 rings (SSSR count). The third-order valence-electron chi connectivity index (χ3n) is 2.71. The van der Waals surface area contributed by atoms with Gasteiger partial charge >= 0.3 is 0 Å². The lowest BCUT2D eigenvalue weighted by Crippen LogP contribution is -2.11. The molecule has 2 aromatic carbocycles. The third kappa shape index (κ3) is 2.72. The molecule has 1 unspecified atom stereocenters. The maximum Gasteiger partial charge on any atom is 0.126 e. The second-order valence-corrected chi connectivity index (χ2v) is 4.03. The van der Waals surface area contributed by atoms with Crippen molar-refractivity contribution in [3.8, 4) is 11.1 Å². The summed E-state index contributed by atoms with van der Waals surface area (Å²) in [6.07, 6.45) is -0.719. The minimum Gasteiger partial charge on any atom is -0.387 e. The molecule has 0 saturated carbocycles. The fourth-order valence-electron chi connectivity index (χ4n) is 1.75. The molecule has 0 amide bonds. The Morgan fingerprint density at radius 1 is 0.944 bits per heavy atom. The van der Waals surface area contributed by atoms with Crippen LogP contribution in [0.4, 0.5) is 8.78 Å². The van der Waals surface area contributed by atoms with Crippen molar-refractivity contribution in [2.24, 2.45) is 5.73 Å². The summed E-state index contributed by atoms with van der Waals surface area (Å²) >= 11 is 0. The predicted molar refractivity (Wildman–Crippen MR) is 65.8 cm³/mol. The maximum absolute atomic E-state index is 13.1. The highest BCUT2D eigenvalue weighted by atomic mass is 19.1. The van der Waals surface area contributed by atoms with Crippen molar-refractivity contribution in [3.63, 3.8) is 0 Å². The van der Waals surface area contributed by atoms with Crippen molar-refractivity contribution in [1.29, 1.82) is 0 Å². The van der Waals surface area contributed by atoms with Crippen LogP contribution in [-0.2, 0) is 0 Å². The van der Waals surface area contributed by atoms with Crippen LogP contribution < -0.4 is 5.73 Å². The molecule has 94 valence electrons. The lowest BCUT2D eigenvalue weighted by atomic mass is 10.0. The molecule has 1 atom stereocenters. The first-order valence-electron chi connectivity index (χ1n) is 5.54. The third-order valence-corrected chi connectivity index (χ3v) is 2.71. The number of halogens is 2. The van der Waals surface area contributed by atoms with Crippen LogP contribution in [0.25, 0.3) is 11.1 Å². The van der Waals surface area contributed by atoms with Gasteiger partial charge in [0.15, 0.2) is 0 Å². The van der Waals surface area contributed by atoms with Gasteiger partial charge in [-0.15, -0.1) is 0 Å². The first kappa shape index (κ1) is 12.7. The minimum absolute atomic E-state index is 0.133. The summed E-state index contributed by atoms with van der Waals surface area (Å²) in [6.45, 7) is 0.133. The molecule has 0 aliphatic carbocycles. The summed E-state index contributed by atoms with van der Waals surface area (Å²) in [7, 11) is 0. The Kier molecular flexibility index (Phi) is 3.69. The molecule has 2 aromatic rings. The zero-order valence-corrected chi connectivity index (χ0v) is 9.61. The van der Waals surface area contributed by atoms with Crippen LogP contribution in [0.5, 0.6) is 0 Å². The van der Waals surface area contributed by atoms with Gasteiger partial charge in [0.1, 0.15) is 11.6 Å². The molecule has 0 bridgehead atoms. The summed E-state index contributed by atoms with van der Waals surface area (Å²) < 4.78 is 26.2. The van der Waals surface area contributed by atoms with Gasteiger partial charge in [0, 0.05) is 12.6 Å². The highest BCUT2D eigenvalue weighted by Crippen LogP contribution is 2.23. The van der Waals surface area contributed by atoms with E-state index in [1.54, 1.807) is 24.3 Å². The van der Waals surface area contributed by atoms with E-state index in [4.69, 9.17) is 5.73 Å². The van der Waals surface area contributed by atoms with E-state index >= 15 is 0 Å². The number of aliphatic hydroxyl groups is 1. The van der Waals surface area contributed by atoms with Gasteiger partial charge in [-0.1, -0.05) is 24.3 Å². The summed E-state index contributed by atoms with van der Waals surface area (Å²) in [6, 6.07) is 10.1. The van der Waals surface area contributed by atoms with Crippen molar-refractivity contribution in [2.75, 3.05) is 6.54 Å². The molecule has 0 fully saturated rings. The van der Waals surface area contributed by atoms with E-state index in [9.17, 15) is 13.9 Å². The quantitative estimate of drug-likeness (QED) is 0.878. The standard InChI is InChI=1S/C14H13F2NO/c15-12-5-11(6-13(16)7-12)9-1-3-10(4-2-9)14(18)8-17/h1-7,14,18H,8,17H2. The second kappa shape index (κ2) is 5.25. The van der Waals surface area contributed by atoms with Crippen molar-refractivity contribution < 1.29 is 13.9 Å². The summed E-state index contributed by atoms with van der Waals surface area (Å²) in [5.74, 6) is -1.23. The first-order valence-corrected chi connectivity index (χ1v) is 5.54. The number of aliphatic hydroxyl groups excluding tert-OH is 1. The van der Waals surface area contributed by atoms with Crippen molar-refractivity contribution in [2.45, 2.75) is 6.10 Å². The van der Waals surface area contributed by atoms with E-state index < -0.39 is 17.7 Å². The largest absolute Gasteiger partial charge is 0.387 e. The van der Waals surface area contributed by atoms with Crippen molar-refractivity contribution in [3.05, 3.63) is 59.7 Å². The van der Waals surface area contributed by atoms with Crippen LogP contribution in [0, 0.1) is 11.6 Å². The van der Waals surface area contributed by atoms with Crippen LogP contribution >= 0.6 is 0 Å². The molecule has 0 aliphatic rings. The number of rotatable bonds is 3. The summed E-state index contributed by atoms with van der Waals surface area (Å²) in [5.41, 5.74) is 7.16. The van der Waals surface area contributed by atoms with Gasteiger partial charge < -0.3 is 10.8 Å². The molecular formula is C14H13F2NO. The molecule has 0 saturated heterocycles. The van der Waals surface area contributed by atoms with Crippen LogP contribution in [-0.4, -0.2) is 11.7 Å². The zero-order chi connectivity index (χ0) is 13.1. The zero-order valence-electron chi connectivity index (χ0n) is 9.61. The minimum atomic E-state index is -0.719. The fourth-order valence-corrected chi connectivity index (χ4v) is 1.75. The van der Waals surface area contributed by atoms with Gasteiger partial charge in [-0.3, -0.25) is 0 Å². The lowest BCUT2D eigenvalue weighted by molar-refractivity contribution is 0.187. The molecule has 18 heavy (non-hydrogen) atoms. The van der Waals surface area contributed by atoms with Gasteiger partial charge in [-0.25, -0.2) is 8.78 Å². The highest BCUT2D eigenvalue weighted by Gasteiger charge is 2.06.